The molecular formula is C10H15NO4. The van der Waals surface area contributed by atoms with E-state index < -0.39 is 17.9 Å². The number of imide groups is 1. The second kappa shape index (κ2) is 4.42. The number of carboxylic acid groups (broad SMARTS) is 1. The number of hydrogen-bond acceptors (Lipinski definition) is 3. The van der Waals surface area contributed by atoms with Crippen LogP contribution in [0.1, 0.15) is 33.1 Å². The first-order valence-corrected chi connectivity index (χ1v) is 5.03. The van der Waals surface area contributed by atoms with E-state index in [0.29, 0.717) is 19.3 Å². The van der Waals surface area contributed by atoms with Crippen molar-refractivity contribution < 1.29 is 19.5 Å². The van der Waals surface area contributed by atoms with E-state index in [1.54, 1.807) is 6.92 Å². The summed E-state index contributed by atoms with van der Waals surface area (Å²) < 4.78 is 0. The second-order valence-electron chi connectivity index (χ2n) is 3.88. The molecule has 0 saturated carbocycles. The summed E-state index contributed by atoms with van der Waals surface area (Å²) >= 11 is 0. The first-order chi connectivity index (χ1) is 6.95. The molecule has 5 nitrogen and oxygen atoms in total. The van der Waals surface area contributed by atoms with Crippen molar-refractivity contribution in [2.45, 2.75) is 39.2 Å². The van der Waals surface area contributed by atoms with Gasteiger partial charge in [-0.3, -0.25) is 19.3 Å². The summed E-state index contributed by atoms with van der Waals surface area (Å²) in [7, 11) is 0. The zero-order valence-corrected chi connectivity index (χ0v) is 8.90. The number of carbonyl (C=O) groups is 3. The lowest BCUT2D eigenvalue weighted by Crippen LogP contribution is -2.49. The minimum absolute atomic E-state index is 0.258. The molecule has 84 valence electrons. The molecule has 1 fully saturated rings. The van der Waals surface area contributed by atoms with Crippen LogP contribution in [-0.4, -0.2) is 33.8 Å². The molecule has 0 radical (unpaired) electrons. The van der Waals surface area contributed by atoms with Crippen LogP contribution in [0.15, 0.2) is 0 Å². The molecule has 0 aromatic rings. The molecule has 1 aliphatic heterocycles. The van der Waals surface area contributed by atoms with Gasteiger partial charge in [-0.25, -0.2) is 0 Å². The predicted octanol–water partition coefficient (Wildman–Crippen LogP) is 0.635. The van der Waals surface area contributed by atoms with E-state index in [-0.39, 0.29) is 11.8 Å². The summed E-state index contributed by atoms with van der Waals surface area (Å²) in [4.78, 5) is 34.8. The zero-order chi connectivity index (χ0) is 11.6. The van der Waals surface area contributed by atoms with Crippen LogP contribution < -0.4 is 0 Å². The molecule has 1 heterocycles. The SMILES string of the molecule is CC(C(=O)O)C(C)N1C(=O)CCCC1=O. The lowest BCUT2D eigenvalue weighted by molar-refractivity contribution is -0.154. The Kier molecular flexibility index (Phi) is 3.44. The van der Waals surface area contributed by atoms with Crippen LogP contribution in [0.4, 0.5) is 0 Å². The van der Waals surface area contributed by atoms with Crippen LogP contribution in [0, 0.1) is 5.92 Å². The number of nitrogens with zero attached hydrogens (tertiary/aromatic N) is 1. The van der Waals surface area contributed by atoms with Gasteiger partial charge in [-0.05, 0) is 20.3 Å². The lowest BCUT2D eigenvalue weighted by Gasteiger charge is -2.32. The third kappa shape index (κ3) is 2.34. The summed E-state index contributed by atoms with van der Waals surface area (Å²) in [5.74, 6) is -2.23. The van der Waals surface area contributed by atoms with Gasteiger partial charge in [0.1, 0.15) is 0 Å². The van der Waals surface area contributed by atoms with E-state index in [1.807, 2.05) is 0 Å². The normalized spacial score (nSPS) is 21.3. The summed E-state index contributed by atoms with van der Waals surface area (Å²) in [5, 5.41) is 8.81. The van der Waals surface area contributed by atoms with Gasteiger partial charge in [0.05, 0.1) is 5.92 Å². The maximum atomic E-state index is 11.5. The van der Waals surface area contributed by atoms with Crippen molar-refractivity contribution >= 4 is 17.8 Å². The van der Waals surface area contributed by atoms with Gasteiger partial charge in [0.25, 0.3) is 0 Å². The largest absolute Gasteiger partial charge is 0.481 e. The molecule has 0 bridgehead atoms. The van der Waals surface area contributed by atoms with Crippen LogP contribution in [0.5, 0.6) is 0 Å². The molecule has 2 unspecified atom stereocenters. The van der Waals surface area contributed by atoms with Crippen LogP contribution in [-0.2, 0) is 14.4 Å². The second-order valence-corrected chi connectivity index (χ2v) is 3.88. The average Bonchev–Trinajstić information content (AvgIpc) is 2.15. The Morgan fingerprint density at radius 3 is 2.13 bits per heavy atom. The van der Waals surface area contributed by atoms with Crippen molar-refractivity contribution in [3.05, 3.63) is 0 Å². The fraction of sp³-hybridized carbons (Fsp3) is 0.700. The minimum Gasteiger partial charge on any atom is -0.481 e. The van der Waals surface area contributed by atoms with E-state index in [0.717, 1.165) is 4.90 Å². The lowest BCUT2D eigenvalue weighted by atomic mass is 9.99. The van der Waals surface area contributed by atoms with Gasteiger partial charge in [-0.15, -0.1) is 0 Å². The van der Waals surface area contributed by atoms with Crippen LogP contribution in [0.2, 0.25) is 0 Å². The minimum atomic E-state index is -0.992. The van der Waals surface area contributed by atoms with E-state index in [2.05, 4.69) is 0 Å². The van der Waals surface area contributed by atoms with Crippen molar-refractivity contribution in [3.63, 3.8) is 0 Å². The van der Waals surface area contributed by atoms with Crippen LogP contribution in [0.3, 0.4) is 0 Å². The number of aliphatic carboxylic acids is 1. The Labute approximate surface area is 88.1 Å². The van der Waals surface area contributed by atoms with Crippen LogP contribution in [0.25, 0.3) is 0 Å². The standard InChI is InChI=1S/C10H15NO4/c1-6(10(14)15)7(2)11-8(12)4-3-5-9(11)13/h6-7H,3-5H2,1-2H3,(H,14,15). The van der Waals surface area contributed by atoms with Crippen LogP contribution >= 0.6 is 0 Å². The van der Waals surface area contributed by atoms with Gasteiger partial charge in [0, 0.05) is 18.9 Å². The summed E-state index contributed by atoms with van der Waals surface area (Å²) in [6.07, 6.45) is 1.24. The first-order valence-electron chi connectivity index (χ1n) is 5.03. The Morgan fingerprint density at radius 2 is 1.73 bits per heavy atom. The number of carboxylic acids is 1. The van der Waals surface area contributed by atoms with E-state index >= 15 is 0 Å². The molecular weight excluding hydrogens is 198 g/mol. The third-order valence-electron chi connectivity index (χ3n) is 2.84. The Bertz CT molecular complexity index is 284. The summed E-state index contributed by atoms with van der Waals surface area (Å²) in [6.45, 7) is 3.10. The third-order valence-corrected chi connectivity index (χ3v) is 2.84. The average molecular weight is 213 g/mol. The van der Waals surface area contributed by atoms with Crippen molar-refractivity contribution in [1.82, 2.24) is 4.90 Å². The van der Waals surface area contributed by atoms with Crippen molar-refractivity contribution in [1.29, 1.82) is 0 Å². The first kappa shape index (κ1) is 11.7. The summed E-state index contributed by atoms with van der Waals surface area (Å²) in [5.41, 5.74) is 0. The number of rotatable bonds is 3. The van der Waals surface area contributed by atoms with E-state index in [4.69, 9.17) is 5.11 Å². The van der Waals surface area contributed by atoms with Gasteiger partial charge in [-0.2, -0.15) is 0 Å². The molecule has 2 amide bonds. The van der Waals surface area contributed by atoms with E-state index in [9.17, 15) is 14.4 Å². The Hall–Kier alpha value is -1.39. The highest BCUT2D eigenvalue weighted by atomic mass is 16.4. The number of carbonyl (C=O) groups excluding carboxylic acids is 2. The van der Waals surface area contributed by atoms with Gasteiger partial charge >= 0.3 is 5.97 Å². The number of piperidine rings is 1. The topological polar surface area (TPSA) is 74.7 Å². The quantitative estimate of drug-likeness (QED) is 0.698. The van der Waals surface area contributed by atoms with Gasteiger partial charge in [0.2, 0.25) is 11.8 Å². The molecule has 0 aromatic carbocycles. The van der Waals surface area contributed by atoms with E-state index in [1.165, 1.54) is 6.92 Å². The summed E-state index contributed by atoms with van der Waals surface area (Å²) in [6, 6.07) is -0.567. The zero-order valence-electron chi connectivity index (χ0n) is 8.90. The number of hydrogen-bond donors (Lipinski definition) is 1. The molecule has 1 saturated heterocycles. The molecule has 2 atom stereocenters. The molecule has 0 spiro atoms. The highest BCUT2D eigenvalue weighted by Gasteiger charge is 2.34. The fourth-order valence-electron chi connectivity index (χ4n) is 1.66. The smallest absolute Gasteiger partial charge is 0.308 e. The van der Waals surface area contributed by atoms with Gasteiger partial charge < -0.3 is 5.11 Å². The molecule has 1 rings (SSSR count). The highest BCUT2D eigenvalue weighted by Crippen LogP contribution is 2.19. The monoisotopic (exact) mass is 213 g/mol. The number of likely N-dealkylation sites (tertiary alicyclic amines) is 1. The number of amides is 2. The highest BCUT2D eigenvalue weighted by molar-refractivity contribution is 5.98. The fourth-order valence-corrected chi connectivity index (χ4v) is 1.66. The van der Waals surface area contributed by atoms with Crippen molar-refractivity contribution in [2.75, 3.05) is 0 Å². The molecule has 0 aliphatic carbocycles. The maximum absolute atomic E-state index is 11.5. The maximum Gasteiger partial charge on any atom is 0.308 e. The van der Waals surface area contributed by atoms with Crippen molar-refractivity contribution in [3.8, 4) is 0 Å². The van der Waals surface area contributed by atoms with Gasteiger partial charge in [0.15, 0.2) is 0 Å². The molecule has 0 aromatic heterocycles. The Morgan fingerprint density at radius 1 is 1.27 bits per heavy atom. The Balaban J connectivity index is 2.80. The predicted molar refractivity (Wildman–Crippen MR) is 52.0 cm³/mol. The van der Waals surface area contributed by atoms with Crippen molar-refractivity contribution in [2.24, 2.45) is 5.92 Å². The van der Waals surface area contributed by atoms with Gasteiger partial charge in [-0.1, -0.05) is 0 Å². The molecule has 5 heteroatoms. The molecule has 1 N–H and O–H groups in total. The molecule has 15 heavy (non-hydrogen) atoms. The molecule has 1 aliphatic rings.